The van der Waals surface area contributed by atoms with E-state index in [0.29, 0.717) is 28.7 Å². The number of hydrazone groups is 1. The lowest BCUT2D eigenvalue weighted by Crippen LogP contribution is -2.39. The molecule has 0 atom stereocenters. The molecule has 230 valence electrons. The van der Waals surface area contributed by atoms with Crippen molar-refractivity contribution < 1.29 is 32.2 Å². The number of methoxy groups -OCH3 is 3. The van der Waals surface area contributed by atoms with Gasteiger partial charge in [0.1, 0.15) is 24.7 Å². The summed E-state index contributed by atoms with van der Waals surface area (Å²) in [6.07, 6.45) is 1.42. The molecule has 0 unspecified atom stereocenters. The molecule has 0 aliphatic carbocycles. The normalized spacial score (nSPS) is 11.2. The molecule has 0 fully saturated rings. The molecule has 0 spiro atoms. The predicted octanol–water partition coefficient (Wildman–Crippen LogP) is 5.94. The van der Waals surface area contributed by atoms with E-state index in [-0.39, 0.29) is 27.1 Å². The van der Waals surface area contributed by atoms with Crippen molar-refractivity contribution in [2.24, 2.45) is 5.10 Å². The van der Waals surface area contributed by atoms with Gasteiger partial charge in [-0.05, 0) is 66.2 Å². The van der Waals surface area contributed by atoms with E-state index in [0.717, 1.165) is 9.87 Å². The smallest absolute Gasteiger partial charge is 0.265 e. The Morgan fingerprint density at radius 3 is 2.23 bits per heavy atom. The zero-order valence-corrected chi connectivity index (χ0v) is 26.3. The molecule has 1 N–H and O–H groups in total. The number of benzene rings is 4. The topological polar surface area (TPSA) is 116 Å². The van der Waals surface area contributed by atoms with Crippen molar-refractivity contribution in [1.82, 2.24) is 5.43 Å². The van der Waals surface area contributed by atoms with Crippen molar-refractivity contribution in [2.45, 2.75) is 11.5 Å². The minimum Gasteiger partial charge on any atom is -0.495 e. The Morgan fingerprint density at radius 2 is 1.55 bits per heavy atom. The first kappa shape index (κ1) is 32.5. The lowest BCUT2D eigenvalue weighted by Gasteiger charge is -2.25. The SMILES string of the molecule is COc1ccc(S(=O)(=O)N(CC(=O)N/N=C\c2ccc(OCc3ccccc3Cl)cc2)c2cc(Cl)ccc2OC)cc1OC. The molecule has 0 saturated heterocycles. The highest BCUT2D eigenvalue weighted by Gasteiger charge is 2.30. The van der Waals surface area contributed by atoms with Crippen LogP contribution in [-0.4, -0.2) is 48.4 Å². The first-order valence-corrected chi connectivity index (χ1v) is 15.2. The number of nitrogens with one attached hydrogen (secondary N) is 1. The van der Waals surface area contributed by atoms with Crippen LogP contribution in [0.25, 0.3) is 0 Å². The maximum Gasteiger partial charge on any atom is 0.265 e. The summed E-state index contributed by atoms with van der Waals surface area (Å²) in [5, 5.41) is 4.85. The Hall–Kier alpha value is -4.45. The lowest BCUT2D eigenvalue weighted by atomic mass is 10.2. The summed E-state index contributed by atoms with van der Waals surface area (Å²) in [5.41, 5.74) is 3.96. The molecular formula is C31H29Cl2N3O7S. The van der Waals surface area contributed by atoms with Crippen molar-refractivity contribution >= 4 is 51.0 Å². The number of sulfonamides is 1. The van der Waals surface area contributed by atoms with Gasteiger partial charge in [-0.25, -0.2) is 13.8 Å². The second-order valence-corrected chi connectivity index (χ2v) is 11.8. The molecular weight excluding hydrogens is 629 g/mol. The monoisotopic (exact) mass is 657 g/mol. The van der Waals surface area contributed by atoms with Crippen molar-refractivity contribution in [3.05, 3.63) is 106 Å². The average Bonchev–Trinajstić information content (AvgIpc) is 3.03. The van der Waals surface area contributed by atoms with Crippen molar-refractivity contribution in [2.75, 3.05) is 32.2 Å². The summed E-state index contributed by atoms with van der Waals surface area (Å²) in [7, 11) is -0.139. The maximum absolute atomic E-state index is 13.9. The summed E-state index contributed by atoms with van der Waals surface area (Å²) in [5.74, 6) is 0.628. The van der Waals surface area contributed by atoms with Crippen LogP contribution in [0, 0.1) is 0 Å². The van der Waals surface area contributed by atoms with E-state index >= 15 is 0 Å². The van der Waals surface area contributed by atoms with Gasteiger partial charge < -0.3 is 18.9 Å². The van der Waals surface area contributed by atoms with Crippen LogP contribution >= 0.6 is 23.2 Å². The molecule has 4 aromatic carbocycles. The highest BCUT2D eigenvalue weighted by atomic mass is 35.5. The zero-order chi connectivity index (χ0) is 31.7. The van der Waals surface area contributed by atoms with Crippen molar-refractivity contribution in [1.29, 1.82) is 0 Å². The minimum atomic E-state index is -4.34. The van der Waals surface area contributed by atoms with Gasteiger partial charge >= 0.3 is 0 Å². The van der Waals surface area contributed by atoms with Gasteiger partial charge in [0, 0.05) is 21.7 Å². The van der Waals surface area contributed by atoms with Crippen LogP contribution in [-0.2, 0) is 21.4 Å². The minimum absolute atomic E-state index is 0.0568. The van der Waals surface area contributed by atoms with Gasteiger partial charge in [-0.2, -0.15) is 5.10 Å². The lowest BCUT2D eigenvalue weighted by molar-refractivity contribution is -0.119. The van der Waals surface area contributed by atoms with E-state index in [1.807, 2.05) is 18.2 Å². The first-order valence-electron chi connectivity index (χ1n) is 13.0. The number of carbonyl (C=O) groups excluding carboxylic acids is 1. The molecule has 0 aliphatic rings. The van der Waals surface area contributed by atoms with Crippen LogP contribution in [0.15, 0.2) is 94.9 Å². The number of halogens is 2. The summed E-state index contributed by atoms with van der Waals surface area (Å²) in [6, 6.07) is 23.0. The van der Waals surface area contributed by atoms with E-state index < -0.39 is 22.5 Å². The fraction of sp³-hybridized carbons (Fsp3) is 0.161. The van der Waals surface area contributed by atoms with Crippen molar-refractivity contribution in [3.8, 4) is 23.0 Å². The van der Waals surface area contributed by atoms with Crippen LogP contribution in [0.5, 0.6) is 23.0 Å². The molecule has 13 heteroatoms. The van der Waals surface area contributed by atoms with Gasteiger partial charge in [0.15, 0.2) is 11.5 Å². The molecule has 0 bridgehead atoms. The Balaban J connectivity index is 1.51. The Morgan fingerprint density at radius 1 is 0.864 bits per heavy atom. The standard InChI is InChI=1S/C31H29Cl2N3O7S/c1-40-28-14-10-23(32)16-27(28)36(44(38,39)25-13-15-29(41-2)30(17-25)42-3)19-31(37)35-34-18-21-8-11-24(12-9-21)43-20-22-6-4-5-7-26(22)33/h4-18H,19-20H2,1-3H3,(H,35,37)/b34-18-. The van der Waals surface area contributed by atoms with Crippen LogP contribution < -0.4 is 28.7 Å². The Kier molecular flexibility index (Phi) is 10.9. The summed E-state index contributed by atoms with van der Waals surface area (Å²) < 4.78 is 50.4. The van der Waals surface area contributed by atoms with Gasteiger partial charge in [0.25, 0.3) is 15.9 Å². The largest absolute Gasteiger partial charge is 0.495 e. The second-order valence-electron chi connectivity index (χ2n) is 9.09. The van der Waals surface area contributed by atoms with E-state index in [1.54, 1.807) is 36.4 Å². The van der Waals surface area contributed by atoms with Crippen LogP contribution in [0.3, 0.4) is 0 Å². The molecule has 4 rings (SSSR count). The molecule has 44 heavy (non-hydrogen) atoms. The van der Waals surface area contributed by atoms with Gasteiger partial charge in [-0.1, -0.05) is 41.4 Å². The number of nitrogens with zero attached hydrogens (tertiary/aromatic N) is 2. The number of rotatable bonds is 13. The number of ether oxygens (including phenoxy) is 4. The van der Waals surface area contributed by atoms with Gasteiger partial charge in [0.05, 0.1) is 38.1 Å². The van der Waals surface area contributed by atoms with Gasteiger partial charge in [-0.3, -0.25) is 9.10 Å². The van der Waals surface area contributed by atoms with Crippen LogP contribution in [0.4, 0.5) is 5.69 Å². The third-order valence-electron chi connectivity index (χ3n) is 6.27. The Labute approximate surface area is 265 Å². The molecule has 0 aliphatic heterocycles. The second kappa shape index (κ2) is 14.8. The summed E-state index contributed by atoms with van der Waals surface area (Å²) >= 11 is 12.4. The van der Waals surface area contributed by atoms with E-state index in [1.165, 1.54) is 57.9 Å². The highest BCUT2D eigenvalue weighted by Crippen LogP contribution is 2.37. The summed E-state index contributed by atoms with van der Waals surface area (Å²) in [6.45, 7) is -0.331. The molecule has 4 aromatic rings. The molecule has 10 nitrogen and oxygen atoms in total. The highest BCUT2D eigenvalue weighted by molar-refractivity contribution is 7.92. The zero-order valence-electron chi connectivity index (χ0n) is 24.0. The Bertz CT molecular complexity index is 1750. The quantitative estimate of drug-likeness (QED) is 0.140. The van der Waals surface area contributed by atoms with Crippen LogP contribution in [0.2, 0.25) is 10.0 Å². The van der Waals surface area contributed by atoms with Gasteiger partial charge in [-0.15, -0.1) is 0 Å². The average molecular weight is 659 g/mol. The maximum atomic E-state index is 13.9. The van der Waals surface area contributed by atoms with E-state index in [4.69, 9.17) is 42.1 Å². The molecule has 0 radical (unpaired) electrons. The molecule has 0 heterocycles. The number of amides is 1. The van der Waals surface area contributed by atoms with E-state index in [9.17, 15) is 13.2 Å². The van der Waals surface area contributed by atoms with Gasteiger partial charge in [0.2, 0.25) is 0 Å². The van der Waals surface area contributed by atoms with Crippen molar-refractivity contribution in [3.63, 3.8) is 0 Å². The molecule has 1 amide bonds. The fourth-order valence-electron chi connectivity index (χ4n) is 4.03. The predicted molar refractivity (Wildman–Crippen MR) is 170 cm³/mol. The first-order chi connectivity index (χ1) is 21.2. The molecule has 0 aromatic heterocycles. The number of hydrogen-bond donors (Lipinski definition) is 1. The number of anilines is 1. The summed E-state index contributed by atoms with van der Waals surface area (Å²) in [4.78, 5) is 12.9. The van der Waals surface area contributed by atoms with E-state index in [2.05, 4.69) is 10.5 Å². The number of carbonyl (C=O) groups is 1. The fourth-order valence-corrected chi connectivity index (χ4v) is 5.83. The number of hydrogen-bond acceptors (Lipinski definition) is 8. The van der Waals surface area contributed by atoms with Crippen LogP contribution in [0.1, 0.15) is 11.1 Å². The third-order valence-corrected chi connectivity index (χ3v) is 8.63. The third kappa shape index (κ3) is 7.93. The molecule has 0 saturated carbocycles.